The first-order valence-electron chi connectivity index (χ1n) is 4.42. The lowest BCUT2D eigenvalue weighted by Crippen LogP contribution is -2.29. The van der Waals surface area contributed by atoms with Gasteiger partial charge in [-0.05, 0) is 19.4 Å². The molecule has 0 aliphatic carbocycles. The predicted octanol–water partition coefficient (Wildman–Crippen LogP) is 1.06. The second-order valence-corrected chi connectivity index (χ2v) is 2.97. The van der Waals surface area contributed by atoms with Gasteiger partial charge in [0.05, 0.1) is 0 Å². The van der Waals surface area contributed by atoms with E-state index in [-0.39, 0.29) is 0 Å². The number of rotatable bonds is 4. The Morgan fingerprint density at radius 1 is 1.71 bits per heavy atom. The average molecular weight is 195 g/mol. The Labute approximate surface area is 82.2 Å². The van der Waals surface area contributed by atoms with E-state index in [4.69, 9.17) is 5.11 Å². The molecule has 14 heavy (non-hydrogen) atoms. The van der Waals surface area contributed by atoms with Gasteiger partial charge in [-0.25, -0.2) is 14.8 Å². The largest absolute Gasteiger partial charge is 0.480 e. The molecule has 0 radical (unpaired) electrons. The van der Waals surface area contributed by atoms with Crippen LogP contribution in [0.3, 0.4) is 0 Å². The second-order valence-electron chi connectivity index (χ2n) is 2.97. The summed E-state index contributed by atoms with van der Waals surface area (Å²) in [5, 5.41) is 11.5. The van der Waals surface area contributed by atoms with Gasteiger partial charge in [0.1, 0.15) is 6.04 Å². The van der Waals surface area contributed by atoms with Crippen molar-refractivity contribution in [2.75, 3.05) is 5.32 Å². The van der Waals surface area contributed by atoms with E-state index in [2.05, 4.69) is 15.3 Å². The van der Waals surface area contributed by atoms with E-state index in [9.17, 15) is 4.79 Å². The van der Waals surface area contributed by atoms with Crippen molar-refractivity contribution in [1.82, 2.24) is 9.97 Å². The maximum Gasteiger partial charge on any atom is 0.326 e. The molecule has 1 rings (SSSR count). The Balaban J connectivity index is 2.72. The van der Waals surface area contributed by atoms with Gasteiger partial charge in [0, 0.05) is 11.9 Å². The van der Waals surface area contributed by atoms with Crippen molar-refractivity contribution >= 4 is 11.9 Å². The van der Waals surface area contributed by atoms with E-state index >= 15 is 0 Å². The van der Waals surface area contributed by atoms with Crippen LogP contribution in [0.4, 0.5) is 5.95 Å². The topological polar surface area (TPSA) is 75.1 Å². The van der Waals surface area contributed by atoms with E-state index < -0.39 is 12.0 Å². The average Bonchev–Trinajstić information content (AvgIpc) is 2.14. The monoisotopic (exact) mass is 195 g/mol. The molecule has 0 saturated heterocycles. The number of aromatic nitrogens is 2. The lowest BCUT2D eigenvalue weighted by molar-refractivity contribution is -0.137. The van der Waals surface area contributed by atoms with E-state index in [0.29, 0.717) is 12.4 Å². The molecular formula is C9H13N3O2. The van der Waals surface area contributed by atoms with Crippen LogP contribution in [0.2, 0.25) is 0 Å². The number of carboxylic acid groups (broad SMARTS) is 1. The number of hydrogen-bond donors (Lipinski definition) is 2. The molecule has 0 fully saturated rings. The van der Waals surface area contributed by atoms with Crippen LogP contribution in [-0.2, 0) is 4.79 Å². The van der Waals surface area contributed by atoms with Gasteiger partial charge in [-0.2, -0.15) is 0 Å². The van der Waals surface area contributed by atoms with Gasteiger partial charge in [-0.1, -0.05) is 6.92 Å². The third-order valence-electron chi connectivity index (χ3n) is 1.80. The van der Waals surface area contributed by atoms with Gasteiger partial charge < -0.3 is 10.4 Å². The summed E-state index contributed by atoms with van der Waals surface area (Å²) < 4.78 is 0. The summed E-state index contributed by atoms with van der Waals surface area (Å²) in [5.41, 5.74) is 0.808. The van der Waals surface area contributed by atoms with Gasteiger partial charge in [0.25, 0.3) is 0 Å². The Kier molecular flexibility index (Phi) is 3.39. The number of nitrogens with zero attached hydrogens (tertiary/aromatic N) is 2. The predicted molar refractivity (Wildman–Crippen MR) is 52.1 cm³/mol. The summed E-state index contributed by atoms with van der Waals surface area (Å²) in [4.78, 5) is 18.7. The van der Waals surface area contributed by atoms with Crippen LogP contribution in [0.15, 0.2) is 12.3 Å². The van der Waals surface area contributed by atoms with Crippen molar-refractivity contribution in [3.63, 3.8) is 0 Å². The zero-order valence-electron chi connectivity index (χ0n) is 8.19. The fourth-order valence-electron chi connectivity index (χ4n) is 1.01. The number of carbonyl (C=O) groups is 1. The summed E-state index contributed by atoms with van der Waals surface area (Å²) >= 11 is 0. The van der Waals surface area contributed by atoms with Crippen LogP contribution < -0.4 is 5.32 Å². The number of hydrogen-bond acceptors (Lipinski definition) is 4. The Morgan fingerprint density at radius 3 is 2.93 bits per heavy atom. The lowest BCUT2D eigenvalue weighted by atomic mass is 10.2. The third kappa shape index (κ3) is 2.69. The van der Waals surface area contributed by atoms with Gasteiger partial charge in [-0.15, -0.1) is 0 Å². The highest BCUT2D eigenvalue weighted by Gasteiger charge is 2.15. The fourth-order valence-corrected chi connectivity index (χ4v) is 1.01. The maximum atomic E-state index is 10.7. The zero-order chi connectivity index (χ0) is 10.6. The molecule has 0 aliphatic rings. The van der Waals surface area contributed by atoms with Gasteiger partial charge in [-0.3, -0.25) is 0 Å². The molecule has 0 saturated carbocycles. The van der Waals surface area contributed by atoms with Crippen molar-refractivity contribution in [1.29, 1.82) is 0 Å². The third-order valence-corrected chi connectivity index (χ3v) is 1.80. The molecule has 1 heterocycles. The molecule has 1 aromatic rings. The zero-order valence-corrected chi connectivity index (χ0v) is 8.19. The summed E-state index contributed by atoms with van der Waals surface area (Å²) in [6.45, 7) is 3.62. The minimum absolute atomic E-state index is 0.360. The Morgan fingerprint density at radius 2 is 2.43 bits per heavy atom. The smallest absolute Gasteiger partial charge is 0.326 e. The van der Waals surface area contributed by atoms with Crippen LogP contribution in [0.25, 0.3) is 0 Å². The van der Waals surface area contributed by atoms with Crippen molar-refractivity contribution in [3.05, 3.63) is 18.0 Å². The first-order chi connectivity index (χ1) is 6.63. The molecule has 1 atom stereocenters. The van der Waals surface area contributed by atoms with Crippen LogP contribution in [0.1, 0.15) is 19.0 Å². The highest BCUT2D eigenvalue weighted by Crippen LogP contribution is 2.03. The number of nitrogens with one attached hydrogen (secondary N) is 1. The maximum absolute atomic E-state index is 10.7. The second kappa shape index (κ2) is 4.55. The van der Waals surface area contributed by atoms with E-state index in [1.165, 1.54) is 0 Å². The number of aliphatic carboxylic acids is 1. The highest BCUT2D eigenvalue weighted by atomic mass is 16.4. The quantitative estimate of drug-likeness (QED) is 0.751. The van der Waals surface area contributed by atoms with Crippen molar-refractivity contribution in [2.45, 2.75) is 26.3 Å². The summed E-state index contributed by atoms with van der Waals surface area (Å²) in [6, 6.07) is 1.13. The normalized spacial score (nSPS) is 12.1. The number of anilines is 1. The van der Waals surface area contributed by atoms with Crippen molar-refractivity contribution in [3.8, 4) is 0 Å². The van der Waals surface area contributed by atoms with Gasteiger partial charge >= 0.3 is 5.97 Å². The minimum Gasteiger partial charge on any atom is -0.480 e. The van der Waals surface area contributed by atoms with E-state index in [1.807, 2.05) is 6.92 Å². The Hall–Kier alpha value is -1.65. The summed E-state index contributed by atoms with van der Waals surface area (Å²) in [7, 11) is 0. The molecule has 0 aliphatic heterocycles. The molecule has 76 valence electrons. The van der Waals surface area contributed by atoms with Crippen LogP contribution >= 0.6 is 0 Å². The molecular weight excluding hydrogens is 182 g/mol. The molecule has 0 spiro atoms. The number of aryl methyl sites for hydroxylation is 1. The lowest BCUT2D eigenvalue weighted by Gasteiger charge is -2.11. The molecule has 0 bridgehead atoms. The van der Waals surface area contributed by atoms with Crippen LogP contribution in [0.5, 0.6) is 0 Å². The molecule has 1 unspecified atom stereocenters. The van der Waals surface area contributed by atoms with Crippen LogP contribution in [0, 0.1) is 6.92 Å². The van der Waals surface area contributed by atoms with Gasteiger partial charge in [0.15, 0.2) is 0 Å². The molecule has 5 nitrogen and oxygen atoms in total. The van der Waals surface area contributed by atoms with Crippen LogP contribution in [-0.4, -0.2) is 27.1 Å². The summed E-state index contributed by atoms with van der Waals surface area (Å²) in [6.07, 6.45) is 2.09. The number of carboxylic acids is 1. The van der Waals surface area contributed by atoms with Crippen molar-refractivity contribution < 1.29 is 9.90 Å². The molecule has 1 aromatic heterocycles. The van der Waals surface area contributed by atoms with E-state index in [1.54, 1.807) is 19.2 Å². The van der Waals surface area contributed by atoms with E-state index in [0.717, 1.165) is 5.69 Å². The minimum atomic E-state index is -0.891. The molecule has 0 aromatic carbocycles. The highest BCUT2D eigenvalue weighted by molar-refractivity contribution is 5.76. The SMILES string of the molecule is CCC(Nc1nccc(C)n1)C(=O)O. The summed E-state index contributed by atoms with van der Waals surface area (Å²) in [5.74, 6) is -0.531. The molecule has 0 amide bonds. The Bertz CT molecular complexity index is 328. The van der Waals surface area contributed by atoms with Crippen molar-refractivity contribution in [2.24, 2.45) is 0 Å². The first kappa shape index (κ1) is 10.4. The standard InChI is InChI=1S/C9H13N3O2/c1-3-7(8(13)14)12-9-10-5-4-6(2)11-9/h4-5,7H,3H2,1-2H3,(H,13,14)(H,10,11,12). The van der Waals surface area contributed by atoms with Gasteiger partial charge in [0.2, 0.25) is 5.95 Å². The first-order valence-corrected chi connectivity index (χ1v) is 4.42. The fraction of sp³-hybridized carbons (Fsp3) is 0.444. The molecule has 2 N–H and O–H groups in total. The molecule has 5 heteroatoms.